The van der Waals surface area contributed by atoms with Gasteiger partial charge in [0.05, 0.1) is 18.3 Å². The molecule has 0 bridgehead atoms. The number of carbonyl (C=O) groups excluding carboxylic acids is 1. The number of nitrogens with zero attached hydrogens (tertiary/aromatic N) is 3. The Hall–Kier alpha value is -2.90. The van der Waals surface area contributed by atoms with Crippen molar-refractivity contribution in [2.75, 3.05) is 13.6 Å². The van der Waals surface area contributed by atoms with Gasteiger partial charge in [-0.3, -0.25) is 9.59 Å². The van der Waals surface area contributed by atoms with Crippen LogP contribution in [0.4, 0.5) is 4.39 Å². The van der Waals surface area contributed by atoms with Crippen molar-refractivity contribution in [3.05, 3.63) is 41.5 Å². The van der Waals surface area contributed by atoms with Crippen LogP contribution in [-0.2, 0) is 4.79 Å². The second-order valence-corrected chi connectivity index (χ2v) is 5.11. The van der Waals surface area contributed by atoms with E-state index in [-0.39, 0.29) is 24.4 Å². The Morgan fingerprint density at radius 1 is 1.39 bits per heavy atom. The summed E-state index contributed by atoms with van der Waals surface area (Å²) < 4.78 is 14.4. The number of hydrogen-bond donors (Lipinski definition) is 2. The highest BCUT2D eigenvalue weighted by molar-refractivity contribution is 5.94. The van der Waals surface area contributed by atoms with E-state index in [4.69, 9.17) is 5.11 Å². The van der Waals surface area contributed by atoms with E-state index in [0.29, 0.717) is 11.3 Å². The van der Waals surface area contributed by atoms with Crippen molar-refractivity contribution >= 4 is 11.9 Å². The van der Waals surface area contributed by atoms with Crippen molar-refractivity contribution in [3.63, 3.8) is 0 Å². The van der Waals surface area contributed by atoms with Crippen LogP contribution < -0.4 is 0 Å². The van der Waals surface area contributed by atoms with E-state index in [1.807, 2.05) is 0 Å². The Balaban J connectivity index is 2.27. The molecule has 2 aromatic rings. The van der Waals surface area contributed by atoms with Gasteiger partial charge in [0, 0.05) is 13.6 Å². The van der Waals surface area contributed by atoms with E-state index in [1.54, 1.807) is 6.92 Å². The maximum Gasteiger partial charge on any atom is 0.305 e. The molecule has 0 aliphatic heterocycles. The fourth-order valence-electron chi connectivity index (χ4n) is 2.06. The molecule has 0 radical (unpaired) electrons. The van der Waals surface area contributed by atoms with Crippen LogP contribution in [0.2, 0.25) is 0 Å². The van der Waals surface area contributed by atoms with E-state index in [2.05, 4.69) is 5.10 Å². The first-order valence-electron chi connectivity index (χ1n) is 6.82. The standard InChI is InChI=1S/C15H16FN3O4/c1-9-7-10(16)3-4-11(9)19-8-12(20)14(17-19)15(23)18(2)6-5-13(21)22/h3-4,7-8,20H,5-6H2,1-2H3,(H,21,22). The van der Waals surface area contributed by atoms with E-state index >= 15 is 0 Å². The second-order valence-electron chi connectivity index (χ2n) is 5.11. The van der Waals surface area contributed by atoms with Gasteiger partial charge in [0.1, 0.15) is 5.82 Å². The zero-order chi connectivity index (χ0) is 17.1. The number of aryl methyl sites for hydroxylation is 1. The molecule has 0 spiro atoms. The molecule has 122 valence electrons. The summed E-state index contributed by atoms with van der Waals surface area (Å²) in [5.74, 6) is -2.35. The van der Waals surface area contributed by atoms with Gasteiger partial charge in [-0.2, -0.15) is 5.10 Å². The van der Waals surface area contributed by atoms with E-state index < -0.39 is 17.7 Å². The number of benzene rings is 1. The lowest BCUT2D eigenvalue weighted by molar-refractivity contribution is -0.137. The van der Waals surface area contributed by atoms with Crippen LogP contribution >= 0.6 is 0 Å². The van der Waals surface area contributed by atoms with E-state index in [1.165, 1.54) is 36.1 Å². The van der Waals surface area contributed by atoms with Gasteiger partial charge >= 0.3 is 5.97 Å². The van der Waals surface area contributed by atoms with Crippen molar-refractivity contribution < 1.29 is 24.2 Å². The minimum Gasteiger partial charge on any atom is -0.504 e. The summed E-state index contributed by atoms with van der Waals surface area (Å²) in [6, 6.07) is 4.05. The summed E-state index contributed by atoms with van der Waals surface area (Å²) in [5, 5.41) is 22.6. The zero-order valence-electron chi connectivity index (χ0n) is 12.7. The van der Waals surface area contributed by atoms with Gasteiger partial charge in [-0.25, -0.2) is 9.07 Å². The third-order valence-corrected chi connectivity index (χ3v) is 3.31. The Morgan fingerprint density at radius 2 is 2.09 bits per heavy atom. The first-order chi connectivity index (χ1) is 10.8. The minimum atomic E-state index is -1.03. The van der Waals surface area contributed by atoms with Gasteiger partial charge in [0.25, 0.3) is 5.91 Å². The molecular weight excluding hydrogens is 305 g/mol. The number of carboxylic acids is 1. The zero-order valence-corrected chi connectivity index (χ0v) is 12.7. The number of aromatic hydroxyl groups is 1. The van der Waals surface area contributed by atoms with Crippen LogP contribution in [0, 0.1) is 12.7 Å². The molecule has 23 heavy (non-hydrogen) atoms. The molecule has 0 saturated carbocycles. The highest BCUT2D eigenvalue weighted by Gasteiger charge is 2.21. The topological polar surface area (TPSA) is 95.7 Å². The van der Waals surface area contributed by atoms with Crippen LogP contribution in [0.25, 0.3) is 5.69 Å². The first-order valence-corrected chi connectivity index (χ1v) is 6.82. The van der Waals surface area contributed by atoms with Crippen LogP contribution in [-0.4, -0.2) is 50.4 Å². The predicted molar refractivity (Wildman–Crippen MR) is 79.1 cm³/mol. The van der Waals surface area contributed by atoms with Crippen molar-refractivity contribution in [2.45, 2.75) is 13.3 Å². The molecule has 0 unspecified atom stereocenters. The summed E-state index contributed by atoms with van der Waals surface area (Å²) in [7, 11) is 1.42. The molecule has 0 fully saturated rings. The maximum atomic E-state index is 13.1. The average Bonchev–Trinajstić information content (AvgIpc) is 2.85. The predicted octanol–water partition coefficient (Wildman–Crippen LogP) is 1.57. The lowest BCUT2D eigenvalue weighted by Gasteiger charge is -2.14. The number of carboxylic acid groups (broad SMARTS) is 1. The highest BCUT2D eigenvalue weighted by Crippen LogP contribution is 2.22. The molecule has 0 saturated heterocycles. The van der Waals surface area contributed by atoms with Gasteiger partial charge < -0.3 is 15.1 Å². The molecule has 2 N–H and O–H groups in total. The van der Waals surface area contributed by atoms with E-state index in [0.717, 1.165) is 4.90 Å². The number of rotatable bonds is 5. The summed E-state index contributed by atoms with van der Waals surface area (Å²) in [5.41, 5.74) is 0.918. The van der Waals surface area contributed by atoms with Gasteiger partial charge in [-0.1, -0.05) is 0 Å². The summed E-state index contributed by atoms with van der Waals surface area (Å²) in [6.45, 7) is 1.67. The largest absolute Gasteiger partial charge is 0.504 e. The molecule has 2 rings (SSSR count). The monoisotopic (exact) mass is 321 g/mol. The summed E-state index contributed by atoms with van der Waals surface area (Å²) in [6.07, 6.45) is 1.04. The summed E-state index contributed by atoms with van der Waals surface area (Å²) in [4.78, 5) is 23.9. The third-order valence-electron chi connectivity index (χ3n) is 3.31. The Labute approximate surface area is 131 Å². The first kappa shape index (κ1) is 16.5. The lowest BCUT2D eigenvalue weighted by Crippen LogP contribution is -2.29. The van der Waals surface area contributed by atoms with Gasteiger partial charge in [0.2, 0.25) is 0 Å². The average molecular weight is 321 g/mol. The number of halogens is 1. The van der Waals surface area contributed by atoms with Gasteiger partial charge in [-0.05, 0) is 30.7 Å². The molecule has 8 heteroatoms. The normalized spacial score (nSPS) is 10.6. The van der Waals surface area contributed by atoms with Crippen molar-refractivity contribution in [2.24, 2.45) is 0 Å². The Kier molecular flexibility index (Phi) is 4.63. The highest BCUT2D eigenvalue weighted by atomic mass is 19.1. The van der Waals surface area contributed by atoms with Crippen molar-refractivity contribution in [1.29, 1.82) is 0 Å². The molecule has 1 heterocycles. The smallest absolute Gasteiger partial charge is 0.305 e. The Bertz CT molecular complexity index is 757. The van der Waals surface area contributed by atoms with Crippen molar-refractivity contribution in [1.82, 2.24) is 14.7 Å². The minimum absolute atomic E-state index is 0.00393. The molecule has 1 aromatic carbocycles. The summed E-state index contributed by atoms with van der Waals surface area (Å²) >= 11 is 0. The number of aliphatic carboxylic acids is 1. The van der Waals surface area contributed by atoms with Crippen LogP contribution in [0.3, 0.4) is 0 Å². The van der Waals surface area contributed by atoms with Gasteiger partial charge in [0.15, 0.2) is 11.4 Å². The number of amides is 1. The van der Waals surface area contributed by atoms with Gasteiger partial charge in [-0.15, -0.1) is 0 Å². The molecule has 0 aliphatic rings. The van der Waals surface area contributed by atoms with Crippen LogP contribution in [0.15, 0.2) is 24.4 Å². The maximum absolute atomic E-state index is 13.1. The van der Waals surface area contributed by atoms with Crippen molar-refractivity contribution in [3.8, 4) is 11.4 Å². The van der Waals surface area contributed by atoms with Crippen LogP contribution in [0.1, 0.15) is 22.5 Å². The second kappa shape index (κ2) is 6.47. The molecule has 1 aromatic heterocycles. The fraction of sp³-hybridized carbons (Fsp3) is 0.267. The number of carbonyl (C=O) groups is 2. The molecule has 0 aliphatic carbocycles. The molecular formula is C15H16FN3O4. The Morgan fingerprint density at radius 3 is 2.70 bits per heavy atom. The van der Waals surface area contributed by atoms with E-state index in [9.17, 15) is 19.1 Å². The third kappa shape index (κ3) is 3.65. The van der Waals surface area contributed by atoms with Crippen LogP contribution in [0.5, 0.6) is 5.75 Å². The fourth-order valence-corrected chi connectivity index (χ4v) is 2.06. The SMILES string of the molecule is Cc1cc(F)ccc1-n1cc(O)c(C(=O)N(C)CCC(=O)O)n1. The quantitative estimate of drug-likeness (QED) is 0.871. The molecule has 1 amide bonds. The molecule has 7 nitrogen and oxygen atoms in total. The number of aromatic nitrogens is 2. The number of hydrogen-bond acceptors (Lipinski definition) is 4. The molecule has 0 atom stereocenters. The lowest BCUT2D eigenvalue weighted by atomic mass is 10.2.